The molecule has 1 N–H and O–H groups in total. The van der Waals surface area contributed by atoms with Crippen LogP contribution in [0.5, 0.6) is 0 Å². The van der Waals surface area contributed by atoms with Crippen LogP contribution in [-0.4, -0.2) is 28.5 Å². The molecule has 5 heteroatoms. The zero-order valence-electron chi connectivity index (χ0n) is 11.5. The number of nitrogens with zero attached hydrogens (tertiary/aromatic N) is 1. The van der Waals surface area contributed by atoms with E-state index in [0.717, 1.165) is 12.8 Å². The largest absolute Gasteiger partial charge is 0.274 e. The van der Waals surface area contributed by atoms with Gasteiger partial charge in [0.05, 0.1) is 0 Å². The maximum atomic E-state index is 11.7. The smallest absolute Gasteiger partial charge is 0.236 e. The van der Waals surface area contributed by atoms with Gasteiger partial charge in [0.2, 0.25) is 5.91 Å². The summed E-state index contributed by atoms with van der Waals surface area (Å²) in [6, 6.07) is 0. The molecular weight excluding hydrogens is 248 g/mol. The van der Waals surface area contributed by atoms with Gasteiger partial charge in [-0.05, 0) is 25.2 Å². The number of unbranched alkanes of at least 4 members (excludes halogenated alkanes) is 3. The normalized spacial score (nSPS) is 24.4. The number of amides is 1. The Morgan fingerprint density at radius 1 is 1.44 bits per heavy atom. The molecule has 0 aromatic rings. The lowest BCUT2D eigenvalue weighted by Gasteiger charge is -2.09. The van der Waals surface area contributed by atoms with Crippen LogP contribution in [0.3, 0.4) is 0 Å². The second-order valence-electron chi connectivity index (χ2n) is 4.96. The van der Waals surface area contributed by atoms with Crippen LogP contribution in [0.1, 0.15) is 39.0 Å². The summed E-state index contributed by atoms with van der Waals surface area (Å²) in [6.45, 7) is 2.19. The Morgan fingerprint density at radius 2 is 2.17 bits per heavy atom. The van der Waals surface area contributed by atoms with Crippen LogP contribution in [-0.2, 0) is 16.0 Å². The number of allylic oxidation sites excluding steroid dienone is 2. The van der Waals surface area contributed by atoms with Gasteiger partial charge in [-0.3, -0.25) is 9.52 Å². The third-order valence-corrected chi connectivity index (χ3v) is 4.09. The van der Waals surface area contributed by atoms with Crippen LogP contribution in [0.25, 0.3) is 0 Å². The average Bonchev–Trinajstić information content (AvgIpc) is 3.08. The lowest BCUT2D eigenvalue weighted by molar-refractivity contribution is -0.120. The van der Waals surface area contributed by atoms with E-state index in [9.17, 15) is 9.00 Å². The fourth-order valence-electron chi connectivity index (χ4n) is 1.77. The zero-order chi connectivity index (χ0) is 13.5. The number of hydrogen-bond acceptors (Lipinski definition) is 2. The summed E-state index contributed by atoms with van der Waals surface area (Å²) in [5.74, 6) is 0.285. The summed E-state index contributed by atoms with van der Waals surface area (Å²) >= 11 is -1.40. The highest BCUT2D eigenvalue weighted by atomic mass is 32.2. The zero-order valence-corrected chi connectivity index (χ0v) is 12.3. The van der Waals surface area contributed by atoms with Gasteiger partial charge >= 0.3 is 0 Å². The fraction of sp³-hybridized carbons (Fsp3) is 0.769. The summed E-state index contributed by atoms with van der Waals surface area (Å²) in [7, 11) is 3.35. The molecule has 0 spiro atoms. The Kier molecular flexibility index (Phi) is 6.57. The molecule has 1 aliphatic carbocycles. The molecule has 4 nitrogen and oxygen atoms in total. The minimum atomic E-state index is -1.40. The molecule has 1 unspecified atom stereocenters. The monoisotopic (exact) mass is 272 g/mol. The van der Waals surface area contributed by atoms with Crippen LogP contribution < -0.4 is 4.72 Å². The number of nitrogens with one attached hydrogen (secondary N) is 1. The van der Waals surface area contributed by atoms with Crippen molar-refractivity contribution >= 4 is 17.1 Å². The highest BCUT2D eigenvalue weighted by Gasteiger charge is 2.41. The molecule has 18 heavy (non-hydrogen) atoms. The van der Waals surface area contributed by atoms with Crippen molar-refractivity contribution < 1.29 is 9.00 Å². The number of rotatable bonds is 8. The van der Waals surface area contributed by atoms with Crippen LogP contribution >= 0.6 is 0 Å². The molecule has 1 amide bonds. The van der Waals surface area contributed by atoms with Gasteiger partial charge < -0.3 is 0 Å². The van der Waals surface area contributed by atoms with Crippen molar-refractivity contribution in [1.82, 2.24) is 9.03 Å². The lowest BCUT2D eigenvalue weighted by Crippen LogP contribution is -2.35. The maximum Gasteiger partial charge on any atom is 0.236 e. The minimum absolute atomic E-state index is 0.0244. The summed E-state index contributed by atoms with van der Waals surface area (Å²) in [5.41, 5.74) is 0. The van der Waals surface area contributed by atoms with E-state index in [-0.39, 0.29) is 11.8 Å². The highest BCUT2D eigenvalue weighted by Crippen LogP contribution is 2.39. The fourth-order valence-corrected chi connectivity index (χ4v) is 2.27. The molecule has 0 aliphatic heterocycles. The molecule has 1 fully saturated rings. The molecular formula is C13H24N2O2S. The van der Waals surface area contributed by atoms with Gasteiger partial charge in [0.1, 0.15) is 0 Å². The third kappa shape index (κ3) is 5.31. The molecule has 0 aromatic heterocycles. The summed E-state index contributed by atoms with van der Waals surface area (Å²) in [4.78, 5) is 11.7. The van der Waals surface area contributed by atoms with E-state index in [0.29, 0.717) is 5.92 Å². The van der Waals surface area contributed by atoms with E-state index in [2.05, 4.69) is 23.8 Å². The summed E-state index contributed by atoms with van der Waals surface area (Å²) < 4.78 is 15.4. The molecule has 0 radical (unpaired) electrons. The first-order valence-corrected chi connectivity index (χ1v) is 7.73. The van der Waals surface area contributed by atoms with Crippen molar-refractivity contribution in [2.45, 2.75) is 39.0 Å². The van der Waals surface area contributed by atoms with Gasteiger partial charge in [0, 0.05) is 20.0 Å². The van der Waals surface area contributed by atoms with Crippen molar-refractivity contribution in [3.8, 4) is 0 Å². The summed E-state index contributed by atoms with van der Waals surface area (Å²) in [6.07, 6.45) is 10.0. The van der Waals surface area contributed by atoms with Crippen LogP contribution in [0, 0.1) is 11.8 Å². The van der Waals surface area contributed by atoms with Crippen molar-refractivity contribution in [1.29, 1.82) is 0 Å². The molecule has 1 aliphatic rings. The SMILES string of the molecule is CCCCC/C=C\[C@@H]1C[C@@H]1C(=O)NS(=O)N(C)C. The Balaban J connectivity index is 2.19. The second-order valence-corrected chi connectivity index (χ2v) is 6.39. The van der Waals surface area contributed by atoms with E-state index < -0.39 is 11.2 Å². The first-order valence-electron chi connectivity index (χ1n) is 6.62. The van der Waals surface area contributed by atoms with E-state index in [4.69, 9.17) is 0 Å². The van der Waals surface area contributed by atoms with Crippen molar-refractivity contribution in [2.24, 2.45) is 11.8 Å². The van der Waals surface area contributed by atoms with E-state index >= 15 is 0 Å². The molecule has 3 atom stereocenters. The van der Waals surface area contributed by atoms with Crippen LogP contribution in [0.15, 0.2) is 12.2 Å². The van der Waals surface area contributed by atoms with Crippen LogP contribution in [0.4, 0.5) is 0 Å². The molecule has 0 bridgehead atoms. The van der Waals surface area contributed by atoms with Crippen LogP contribution in [0.2, 0.25) is 0 Å². The number of hydrogen-bond donors (Lipinski definition) is 1. The van der Waals surface area contributed by atoms with E-state index in [1.54, 1.807) is 14.1 Å². The van der Waals surface area contributed by atoms with E-state index in [1.807, 2.05) is 0 Å². The number of carbonyl (C=O) groups excluding carboxylic acids is 1. The van der Waals surface area contributed by atoms with Gasteiger partial charge in [-0.2, -0.15) is 0 Å². The summed E-state index contributed by atoms with van der Waals surface area (Å²) in [5, 5.41) is 0. The van der Waals surface area contributed by atoms with Gasteiger partial charge in [-0.1, -0.05) is 31.9 Å². The Bertz CT molecular complexity index is 329. The Hall–Kier alpha value is -0.680. The first kappa shape index (κ1) is 15.4. The average molecular weight is 272 g/mol. The maximum absolute atomic E-state index is 11.7. The molecule has 0 saturated heterocycles. The molecule has 1 rings (SSSR count). The van der Waals surface area contributed by atoms with Gasteiger partial charge in [-0.15, -0.1) is 0 Å². The lowest BCUT2D eigenvalue weighted by atomic mass is 10.2. The minimum Gasteiger partial charge on any atom is -0.274 e. The Morgan fingerprint density at radius 3 is 2.78 bits per heavy atom. The van der Waals surface area contributed by atoms with Gasteiger partial charge in [-0.25, -0.2) is 8.51 Å². The van der Waals surface area contributed by atoms with E-state index in [1.165, 1.54) is 23.6 Å². The molecule has 104 valence electrons. The highest BCUT2D eigenvalue weighted by molar-refractivity contribution is 7.81. The van der Waals surface area contributed by atoms with Crippen molar-refractivity contribution in [3.63, 3.8) is 0 Å². The quantitative estimate of drug-likeness (QED) is 0.543. The predicted octanol–water partition coefficient (Wildman–Crippen LogP) is 2.02. The van der Waals surface area contributed by atoms with Crippen molar-refractivity contribution in [3.05, 3.63) is 12.2 Å². The van der Waals surface area contributed by atoms with Crippen molar-refractivity contribution in [2.75, 3.05) is 14.1 Å². The Labute approximate surface area is 113 Å². The predicted molar refractivity (Wildman–Crippen MR) is 74.9 cm³/mol. The standard InChI is InChI=1S/C13H24N2O2S/c1-4-5-6-7-8-9-11-10-12(11)13(16)14-18(17)15(2)3/h8-9,11-12H,4-7,10H2,1-3H3,(H,14,16)/b9-8-/t11-,12+,18?/m1/s1. The molecule has 0 aromatic carbocycles. The molecule has 1 saturated carbocycles. The van der Waals surface area contributed by atoms with Gasteiger partial charge in [0.15, 0.2) is 11.2 Å². The first-order chi connectivity index (χ1) is 8.56. The van der Waals surface area contributed by atoms with Gasteiger partial charge in [0.25, 0.3) is 0 Å². The molecule has 0 heterocycles. The second kappa shape index (κ2) is 7.69. The number of carbonyl (C=O) groups is 1. The third-order valence-electron chi connectivity index (χ3n) is 3.05. The topological polar surface area (TPSA) is 49.4 Å².